The summed E-state index contributed by atoms with van der Waals surface area (Å²) in [6.07, 6.45) is 8.47. The Hall–Kier alpha value is -4.56. The highest BCUT2D eigenvalue weighted by Crippen LogP contribution is 2.62. The molecule has 5 aliphatic rings. The molecule has 4 amide bonds. The number of anilines is 1. The van der Waals surface area contributed by atoms with Crippen molar-refractivity contribution in [1.29, 1.82) is 0 Å². The van der Waals surface area contributed by atoms with Crippen LogP contribution >= 0.6 is 23.2 Å². The van der Waals surface area contributed by atoms with E-state index in [1.54, 1.807) is 35.9 Å². The number of halogens is 3. The van der Waals surface area contributed by atoms with Crippen LogP contribution in [-0.4, -0.2) is 75.4 Å². The van der Waals surface area contributed by atoms with Gasteiger partial charge in [-0.3, -0.25) is 38.9 Å². The predicted molar refractivity (Wildman–Crippen MR) is 228 cm³/mol. The molecule has 5 heterocycles. The van der Waals surface area contributed by atoms with Crippen LogP contribution in [0.25, 0.3) is 11.0 Å². The number of rotatable bonds is 9. The molecule has 4 aliphatic heterocycles. The highest BCUT2D eigenvalue weighted by molar-refractivity contribution is 6.31. The maximum atomic E-state index is 16.2. The number of carbonyl (C=O) groups excluding carboxylic acids is 4. The van der Waals surface area contributed by atoms with E-state index in [9.17, 15) is 24.0 Å². The molecule has 1 aromatic heterocycles. The first-order valence-electron chi connectivity index (χ1n) is 21.3. The molecule has 1 aliphatic carbocycles. The predicted octanol–water partition coefficient (Wildman–Crippen LogP) is 5.87. The van der Waals surface area contributed by atoms with Crippen molar-refractivity contribution < 1.29 is 23.6 Å². The highest BCUT2D eigenvalue weighted by atomic mass is 35.5. The fourth-order valence-electron chi connectivity index (χ4n) is 11.3. The van der Waals surface area contributed by atoms with Crippen LogP contribution in [0.3, 0.4) is 0 Å². The monoisotopic (exact) mass is 857 g/mol. The van der Waals surface area contributed by atoms with Crippen LogP contribution in [0.2, 0.25) is 10.0 Å². The second-order valence-electron chi connectivity index (χ2n) is 17.5. The average molecular weight is 859 g/mol. The summed E-state index contributed by atoms with van der Waals surface area (Å²) in [7, 11) is 1.71. The summed E-state index contributed by atoms with van der Waals surface area (Å²) >= 11 is 12.8. The smallest absolute Gasteiger partial charge is 0.329 e. The Bertz CT molecular complexity index is 2460. The van der Waals surface area contributed by atoms with Gasteiger partial charge in [0.05, 0.1) is 22.1 Å². The number of fused-ring (bicyclic) bond motifs is 4. The number of nitrogens with one attached hydrogen (secondary N) is 4. The van der Waals surface area contributed by atoms with E-state index in [0.29, 0.717) is 54.5 Å². The maximum Gasteiger partial charge on any atom is 0.329 e. The molecule has 316 valence electrons. The minimum absolute atomic E-state index is 0.0562. The number of benzene rings is 3. The van der Waals surface area contributed by atoms with Gasteiger partial charge >= 0.3 is 5.69 Å². The molecule has 4 atom stereocenters. The molecule has 0 bridgehead atoms. The van der Waals surface area contributed by atoms with E-state index in [2.05, 4.69) is 26.2 Å². The molecule has 3 aromatic carbocycles. The number of hydrogen-bond donors (Lipinski definition) is 4. The van der Waals surface area contributed by atoms with Gasteiger partial charge in [-0.15, -0.1) is 0 Å². The van der Waals surface area contributed by atoms with Crippen molar-refractivity contribution in [2.24, 2.45) is 13.0 Å². The zero-order valence-corrected chi connectivity index (χ0v) is 35.1. The van der Waals surface area contributed by atoms with E-state index in [4.69, 9.17) is 23.2 Å². The van der Waals surface area contributed by atoms with Gasteiger partial charge in [0.1, 0.15) is 17.3 Å². The van der Waals surface area contributed by atoms with Crippen LogP contribution in [0.1, 0.15) is 92.9 Å². The van der Waals surface area contributed by atoms with Crippen molar-refractivity contribution in [3.63, 3.8) is 0 Å². The number of aryl methyl sites for hydroxylation is 2. The quantitative estimate of drug-likeness (QED) is 0.154. The molecule has 1 saturated carbocycles. The number of likely N-dealkylation sites (tertiary alicyclic amines) is 1. The summed E-state index contributed by atoms with van der Waals surface area (Å²) in [6.45, 7) is 2.86. The standard InChI is InChI=1S/C45H50Cl2FN7O5/c1-53-35-24-27(10-13-33(35)55(43(53)60)34-14-15-36(56)51-40(34)57)9-8-26-16-21-54(22-17-26)23-20-49-41(58)39-37(29-6-5-7-31(47)38(29)48)45(44(52-39)18-3-2-4-19-44)30-12-11-28(46)25-32(30)50-42(45)59/h5-7,10-13,24-26,34,37,39,52H,2-4,8-9,14-23H2,1H3,(H,49,58)(H,50,59)(H,51,56,57)/t34?,37-,39+,45+/m0/s1. The van der Waals surface area contributed by atoms with E-state index in [0.717, 1.165) is 74.7 Å². The van der Waals surface area contributed by atoms with Crippen molar-refractivity contribution in [3.05, 3.63) is 97.6 Å². The number of nitrogens with zero attached hydrogens (tertiary/aromatic N) is 3. The third-order valence-corrected chi connectivity index (χ3v) is 14.8. The Morgan fingerprint density at radius 1 is 0.933 bits per heavy atom. The molecule has 1 unspecified atom stereocenters. The Labute approximate surface area is 357 Å². The lowest BCUT2D eigenvalue weighted by molar-refractivity contribution is -0.135. The molecule has 4 aromatic rings. The zero-order chi connectivity index (χ0) is 41.9. The normalized spacial score (nSPS) is 25.5. The molecule has 4 N–H and O–H groups in total. The first-order chi connectivity index (χ1) is 28.9. The maximum absolute atomic E-state index is 16.2. The van der Waals surface area contributed by atoms with Crippen LogP contribution in [0.15, 0.2) is 59.4 Å². The molecule has 9 rings (SSSR count). The van der Waals surface area contributed by atoms with Gasteiger partial charge in [0.2, 0.25) is 23.6 Å². The lowest BCUT2D eigenvalue weighted by Crippen LogP contribution is -2.60. The summed E-state index contributed by atoms with van der Waals surface area (Å²) in [6, 6.07) is 14.5. The molecular weight excluding hydrogens is 808 g/mol. The molecule has 60 heavy (non-hydrogen) atoms. The number of imidazole rings is 1. The van der Waals surface area contributed by atoms with E-state index < -0.39 is 40.7 Å². The lowest BCUT2D eigenvalue weighted by atomic mass is 9.55. The van der Waals surface area contributed by atoms with Gasteiger partial charge < -0.3 is 15.5 Å². The van der Waals surface area contributed by atoms with Crippen LogP contribution in [0.5, 0.6) is 0 Å². The Kier molecular flexibility index (Phi) is 10.9. The lowest BCUT2D eigenvalue weighted by Gasteiger charge is -2.47. The molecule has 12 nitrogen and oxygen atoms in total. The number of imide groups is 1. The zero-order valence-electron chi connectivity index (χ0n) is 33.6. The second kappa shape index (κ2) is 16.0. The van der Waals surface area contributed by atoms with E-state index in [-0.39, 0.29) is 40.4 Å². The second-order valence-corrected chi connectivity index (χ2v) is 18.3. The summed E-state index contributed by atoms with van der Waals surface area (Å²) in [4.78, 5) is 68.9. The van der Waals surface area contributed by atoms with Crippen molar-refractivity contribution >= 4 is 63.6 Å². The molecule has 2 spiro atoms. The van der Waals surface area contributed by atoms with Crippen LogP contribution in [0, 0.1) is 11.7 Å². The third-order valence-electron chi connectivity index (χ3n) is 14.3. The van der Waals surface area contributed by atoms with E-state index in [1.807, 2.05) is 24.3 Å². The Morgan fingerprint density at radius 3 is 2.48 bits per heavy atom. The molecular formula is C45H50Cl2FN7O5. The van der Waals surface area contributed by atoms with Gasteiger partial charge in [0, 0.05) is 48.7 Å². The number of carbonyl (C=O) groups is 4. The van der Waals surface area contributed by atoms with Crippen molar-refractivity contribution in [1.82, 2.24) is 30.0 Å². The van der Waals surface area contributed by atoms with Crippen molar-refractivity contribution in [2.75, 3.05) is 31.5 Å². The SMILES string of the molecule is Cn1c(=O)n(C2CCC(=O)NC2=O)c2ccc(CCC3CCN(CCNC(=O)[C@@H]4NC5(CCCCC5)[C@@]5(C(=O)Nc6cc(Cl)ccc65)[C@H]4c4cccc(Cl)c4F)CC3)cc21. The number of piperidine rings is 2. The van der Waals surface area contributed by atoms with Crippen LogP contribution < -0.4 is 27.0 Å². The third kappa shape index (κ3) is 6.76. The number of aromatic nitrogens is 2. The van der Waals surface area contributed by atoms with Crippen molar-refractivity contribution in [2.45, 2.75) is 99.6 Å². The average Bonchev–Trinajstić information content (AvgIpc) is 3.79. The van der Waals surface area contributed by atoms with E-state index >= 15 is 4.39 Å². The summed E-state index contributed by atoms with van der Waals surface area (Å²) in [5, 5.41) is 12.7. The topological polar surface area (TPSA) is 147 Å². The van der Waals surface area contributed by atoms with Gasteiger partial charge in [-0.25, -0.2) is 9.18 Å². The first kappa shape index (κ1) is 40.8. The van der Waals surface area contributed by atoms with Crippen molar-refractivity contribution in [3.8, 4) is 0 Å². The fourth-order valence-corrected chi connectivity index (χ4v) is 11.7. The van der Waals surface area contributed by atoms with Gasteiger partial charge in [-0.2, -0.15) is 0 Å². The van der Waals surface area contributed by atoms with Gasteiger partial charge in [-0.1, -0.05) is 66.7 Å². The minimum Gasteiger partial charge on any atom is -0.353 e. The minimum atomic E-state index is -1.27. The summed E-state index contributed by atoms with van der Waals surface area (Å²) < 4.78 is 19.3. The number of amides is 4. The Balaban J connectivity index is 0.853. The van der Waals surface area contributed by atoms with Crippen LogP contribution in [-0.2, 0) is 38.1 Å². The number of hydrogen-bond acceptors (Lipinski definition) is 7. The molecule has 4 fully saturated rings. The van der Waals surface area contributed by atoms with Gasteiger partial charge in [-0.05, 0) is 111 Å². The largest absolute Gasteiger partial charge is 0.353 e. The molecule has 15 heteroatoms. The van der Waals surface area contributed by atoms with Gasteiger partial charge in [0.25, 0.3) is 0 Å². The van der Waals surface area contributed by atoms with Crippen LogP contribution in [0.4, 0.5) is 10.1 Å². The van der Waals surface area contributed by atoms with Gasteiger partial charge in [0.15, 0.2) is 0 Å². The first-order valence-corrected chi connectivity index (χ1v) is 22.0. The summed E-state index contributed by atoms with van der Waals surface area (Å²) in [5.74, 6) is -2.25. The highest BCUT2D eigenvalue weighted by Gasteiger charge is 2.72. The summed E-state index contributed by atoms with van der Waals surface area (Å²) in [5.41, 5.74) is 1.80. The van der Waals surface area contributed by atoms with E-state index in [1.165, 1.54) is 10.6 Å². The molecule has 3 saturated heterocycles. The molecule has 0 radical (unpaired) electrons. The Morgan fingerprint density at radius 2 is 1.72 bits per heavy atom. The fraction of sp³-hybridized carbons (Fsp3) is 0.489.